The normalized spacial score (nSPS) is 15.3. The summed E-state index contributed by atoms with van der Waals surface area (Å²) in [6.07, 6.45) is 0. The topological polar surface area (TPSA) is 92.6 Å². The molecule has 0 fully saturated rings. The molecule has 0 bridgehead atoms. The molecule has 0 unspecified atom stereocenters. The van der Waals surface area contributed by atoms with Gasteiger partial charge >= 0.3 is 0 Å². The van der Waals surface area contributed by atoms with Gasteiger partial charge in [0, 0.05) is 17.0 Å². The van der Waals surface area contributed by atoms with Crippen LogP contribution in [0.3, 0.4) is 0 Å². The molecule has 1 atom stereocenters. The third-order valence-electron chi connectivity index (χ3n) is 4.32. The molecule has 2 aromatic rings. The number of nitro groups is 1. The number of amides is 2. The molecule has 1 aromatic heterocycles. The summed E-state index contributed by atoms with van der Waals surface area (Å²) in [6.45, 7) is 6.19. The minimum atomic E-state index is -0.636. The van der Waals surface area contributed by atoms with E-state index in [2.05, 4.69) is 26.1 Å². The van der Waals surface area contributed by atoms with Gasteiger partial charge in [-0.2, -0.15) is 0 Å². The lowest BCUT2D eigenvalue weighted by Gasteiger charge is -2.32. The van der Waals surface area contributed by atoms with Crippen molar-refractivity contribution in [2.75, 3.05) is 6.67 Å². The van der Waals surface area contributed by atoms with Crippen LogP contribution in [0.5, 0.6) is 0 Å². The second kappa shape index (κ2) is 6.62. The molecule has 1 aromatic carbocycles. The highest BCUT2D eigenvalue weighted by Crippen LogP contribution is 2.36. The Morgan fingerprint density at radius 3 is 2.50 bits per heavy atom. The van der Waals surface area contributed by atoms with E-state index in [0.717, 1.165) is 9.78 Å². The van der Waals surface area contributed by atoms with Gasteiger partial charge in [0.15, 0.2) is 0 Å². The fraction of sp³-hybridized carbons (Fsp3) is 0.333. The van der Waals surface area contributed by atoms with Crippen LogP contribution in [0.2, 0.25) is 0 Å². The number of fused-ring (bicyclic) bond motifs is 1. The molecule has 2 heterocycles. The first-order valence-corrected chi connectivity index (χ1v) is 9.00. The maximum absolute atomic E-state index is 12.6. The molecule has 3 rings (SSSR count). The number of thiophene rings is 1. The summed E-state index contributed by atoms with van der Waals surface area (Å²) in [4.78, 5) is 37.9. The summed E-state index contributed by atoms with van der Waals surface area (Å²) in [5.41, 5.74) is -0.536. The van der Waals surface area contributed by atoms with E-state index in [1.807, 2.05) is 17.5 Å². The van der Waals surface area contributed by atoms with Crippen molar-refractivity contribution >= 4 is 28.8 Å². The van der Waals surface area contributed by atoms with Gasteiger partial charge in [0.25, 0.3) is 17.5 Å². The quantitative estimate of drug-likeness (QED) is 0.491. The fourth-order valence-electron chi connectivity index (χ4n) is 3.08. The Hall–Kier alpha value is -2.58. The Morgan fingerprint density at radius 1 is 1.19 bits per heavy atom. The lowest BCUT2D eigenvalue weighted by molar-refractivity contribution is -0.385. The first-order chi connectivity index (χ1) is 12.2. The number of hydrogen-bond acceptors (Lipinski definition) is 6. The molecule has 1 aliphatic heterocycles. The monoisotopic (exact) mass is 373 g/mol. The highest BCUT2D eigenvalue weighted by Gasteiger charge is 2.41. The molecule has 2 amide bonds. The largest absolute Gasteiger partial charge is 0.291 e. The third-order valence-corrected chi connectivity index (χ3v) is 5.26. The summed E-state index contributed by atoms with van der Waals surface area (Å²) in [5.74, 6) is -1.15. The highest BCUT2D eigenvalue weighted by molar-refractivity contribution is 7.10. The van der Waals surface area contributed by atoms with Gasteiger partial charge in [-0.3, -0.25) is 29.9 Å². The van der Waals surface area contributed by atoms with Gasteiger partial charge in [-0.15, -0.1) is 11.3 Å². The van der Waals surface area contributed by atoms with Crippen LogP contribution in [0.15, 0.2) is 35.7 Å². The summed E-state index contributed by atoms with van der Waals surface area (Å²) < 4.78 is 0. The zero-order chi connectivity index (χ0) is 19.1. The smallest absolute Gasteiger partial charge is 0.282 e. The Bertz CT molecular complexity index is 871. The van der Waals surface area contributed by atoms with E-state index in [4.69, 9.17) is 0 Å². The average molecular weight is 373 g/mol. The number of imide groups is 1. The molecule has 136 valence electrons. The van der Waals surface area contributed by atoms with Crippen LogP contribution < -0.4 is 5.32 Å². The number of benzene rings is 1. The summed E-state index contributed by atoms with van der Waals surface area (Å²) in [5, 5.41) is 16.4. The predicted molar refractivity (Wildman–Crippen MR) is 98.1 cm³/mol. The van der Waals surface area contributed by atoms with Crippen molar-refractivity contribution in [2.45, 2.75) is 26.8 Å². The second-order valence-electron chi connectivity index (χ2n) is 7.17. The molecule has 1 N–H and O–H groups in total. The van der Waals surface area contributed by atoms with Crippen molar-refractivity contribution < 1.29 is 14.5 Å². The standard InChI is InChI=1S/C18H19N3O4S/c1-18(2,3)15(13-8-5-9-26-13)19-10-20-16(22)11-6-4-7-12(21(24)25)14(11)17(20)23/h4-9,15,19H,10H2,1-3H3/t15-/m0/s1. The van der Waals surface area contributed by atoms with Gasteiger partial charge in [0.05, 0.1) is 17.2 Å². The first-order valence-electron chi connectivity index (χ1n) is 8.12. The average Bonchev–Trinajstić information content (AvgIpc) is 3.16. The first kappa shape index (κ1) is 18.2. The lowest BCUT2D eigenvalue weighted by Crippen LogP contribution is -2.42. The van der Waals surface area contributed by atoms with Crippen molar-refractivity contribution in [3.05, 3.63) is 61.8 Å². The molecule has 7 nitrogen and oxygen atoms in total. The number of nitro benzene ring substituents is 1. The maximum atomic E-state index is 12.6. The Labute approximate surface area is 154 Å². The minimum absolute atomic E-state index is 0.0106. The molecule has 8 heteroatoms. The minimum Gasteiger partial charge on any atom is -0.291 e. The van der Waals surface area contributed by atoms with E-state index in [-0.39, 0.29) is 34.9 Å². The summed E-state index contributed by atoms with van der Waals surface area (Å²) >= 11 is 1.60. The summed E-state index contributed by atoms with van der Waals surface area (Å²) in [7, 11) is 0. The number of carbonyl (C=O) groups excluding carboxylic acids is 2. The molecule has 0 aliphatic carbocycles. The number of rotatable bonds is 5. The number of nitrogens with one attached hydrogen (secondary N) is 1. The van der Waals surface area contributed by atoms with Crippen molar-refractivity contribution in [3.63, 3.8) is 0 Å². The van der Waals surface area contributed by atoms with Crippen molar-refractivity contribution in [3.8, 4) is 0 Å². The van der Waals surface area contributed by atoms with Crippen molar-refractivity contribution in [1.82, 2.24) is 10.2 Å². The van der Waals surface area contributed by atoms with Gasteiger partial charge in [-0.25, -0.2) is 0 Å². The SMILES string of the molecule is CC(C)(C)[C@@H](NCN1C(=O)c2cccc([N+](=O)[O-])c2C1=O)c1cccs1. The second-order valence-corrected chi connectivity index (χ2v) is 8.15. The fourth-order valence-corrected chi connectivity index (χ4v) is 4.13. The molecule has 0 radical (unpaired) electrons. The van der Waals surface area contributed by atoms with Crippen LogP contribution in [0.1, 0.15) is 52.4 Å². The van der Waals surface area contributed by atoms with Crippen LogP contribution in [0, 0.1) is 15.5 Å². The lowest BCUT2D eigenvalue weighted by atomic mass is 9.86. The molecule has 0 saturated heterocycles. The van der Waals surface area contributed by atoms with E-state index in [0.29, 0.717) is 0 Å². The Kier molecular flexibility index (Phi) is 4.64. The molecular formula is C18H19N3O4S. The van der Waals surface area contributed by atoms with Crippen LogP contribution in [0.25, 0.3) is 0 Å². The van der Waals surface area contributed by atoms with Crippen molar-refractivity contribution in [2.24, 2.45) is 5.41 Å². The summed E-state index contributed by atoms with van der Waals surface area (Å²) in [6, 6.07) is 7.99. The number of hydrogen-bond donors (Lipinski definition) is 1. The van der Waals surface area contributed by atoms with Gasteiger partial charge in [0.2, 0.25) is 0 Å². The molecule has 1 aliphatic rings. The van der Waals surface area contributed by atoms with Gasteiger partial charge in [-0.1, -0.05) is 32.9 Å². The zero-order valence-electron chi connectivity index (χ0n) is 14.7. The molecule has 26 heavy (non-hydrogen) atoms. The van der Waals surface area contributed by atoms with Gasteiger partial charge in [-0.05, 0) is 22.9 Å². The van der Waals surface area contributed by atoms with E-state index >= 15 is 0 Å². The zero-order valence-corrected chi connectivity index (χ0v) is 15.5. The maximum Gasteiger partial charge on any atom is 0.282 e. The molecular weight excluding hydrogens is 354 g/mol. The van der Waals surface area contributed by atoms with E-state index < -0.39 is 16.7 Å². The molecule has 0 saturated carbocycles. The van der Waals surface area contributed by atoms with Gasteiger partial charge in [0.1, 0.15) is 5.56 Å². The van der Waals surface area contributed by atoms with Crippen LogP contribution in [-0.2, 0) is 0 Å². The highest BCUT2D eigenvalue weighted by atomic mass is 32.1. The Morgan fingerprint density at radius 2 is 1.92 bits per heavy atom. The predicted octanol–water partition coefficient (Wildman–Crippen LogP) is 3.59. The van der Waals surface area contributed by atoms with Crippen LogP contribution >= 0.6 is 11.3 Å². The van der Waals surface area contributed by atoms with E-state index in [1.165, 1.54) is 18.2 Å². The number of carbonyl (C=O) groups is 2. The van der Waals surface area contributed by atoms with E-state index in [1.54, 1.807) is 11.3 Å². The van der Waals surface area contributed by atoms with Crippen LogP contribution in [0.4, 0.5) is 5.69 Å². The van der Waals surface area contributed by atoms with E-state index in [9.17, 15) is 19.7 Å². The van der Waals surface area contributed by atoms with Gasteiger partial charge < -0.3 is 0 Å². The molecule has 0 spiro atoms. The number of nitrogens with zero attached hydrogens (tertiary/aromatic N) is 2. The van der Waals surface area contributed by atoms with Crippen LogP contribution in [-0.4, -0.2) is 28.3 Å². The Balaban J connectivity index is 1.85. The van der Waals surface area contributed by atoms with Crippen molar-refractivity contribution in [1.29, 1.82) is 0 Å². The third kappa shape index (κ3) is 3.13.